The number of aliphatic hydroxyl groups excluding tert-OH is 1. The highest BCUT2D eigenvalue weighted by Crippen LogP contribution is 2.44. The van der Waals surface area contributed by atoms with Gasteiger partial charge in [-0.1, -0.05) is 60.7 Å². The van der Waals surface area contributed by atoms with Crippen LogP contribution < -0.4 is 4.90 Å². The molecule has 7 nitrogen and oxygen atoms in total. The summed E-state index contributed by atoms with van der Waals surface area (Å²) in [4.78, 5) is 18.6. The van der Waals surface area contributed by atoms with Crippen LogP contribution in [-0.4, -0.2) is 65.2 Å². The summed E-state index contributed by atoms with van der Waals surface area (Å²) < 4.78 is 13.3. The largest absolute Gasteiger partial charge is 0.443 e. The number of benzene rings is 3. The van der Waals surface area contributed by atoms with Crippen molar-refractivity contribution in [2.24, 2.45) is 0 Å². The minimum Gasteiger partial charge on any atom is -0.443 e. The van der Waals surface area contributed by atoms with Crippen molar-refractivity contribution >= 4 is 22.7 Å². The predicted molar refractivity (Wildman–Crippen MR) is 161 cm³/mol. The number of rotatable bonds is 5. The van der Waals surface area contributed by atoms with Crippen LogP contribution in [-0.2, 0) is 22.4 Å². The summed E-state index contributed by atoms with van der Waals surface area (Å²) in [6.07, 6.45) is 0.254. The lowest BCUT2D eigenvalue weighted by Crippen LogP contribution is -2.46. The van der Waals surface area contributed by atoms with Crippen LogP contribution in [0.25, 0.3) is 10.9 Å². The van der Waals surface area contributed by atoms with Crippen LogP contribution in [0.2, 0.25) is 0 Å². The number of aromatic nitrogens is 1. The second-order valence-electron chi connectivity index (χ2n) is 12.0. The molecule has 3 aromatic carbocycles. The van der Waals surface area contributed by atoms with Crippen LogP contribution in [0.4, 0.5) is 10.5 Å². The van der Waals surface area contributed by atoms with Gasteiger partial charge in [0, 0.05) is 36.7 Å². The maximum atomic E-state index is 13.9. The molecule has 214 valence electrons. The van der Waals surface area contributed by atoms with Gasteiger partial charge < -0.3 is 19.5 Å². The zero-order valence-corrected chi connectivity index (χ0v) is 24.1. The molecule has 2 aliphatic heterocycles. The highest BCUT2D eigenvalue weighted by atomic mass is 16.6. The van der Waals surface area contributed by atoms with Gasteiger partial charge in [-0.3, -0.25) is 4.90 Å². The summed E-state index contributed by atoms with van der Waals surface area (Å²) in [7, 11) is 0. The standard InChI is InChI=1S/C34H39N3O4/c1-34(2,3)41-33(39)37-30-12-8-7-11-28(30)29-21-27(23-38)36(22-24-9-5-4-6-10-24)31(32(29)37)25-13-15-26(16-14-25)35-17-19-40-20-18-35/h4-16,27,31,38H,17-23H2,1-3H3/t27-,31?/m1/s1. The average Bonchev–Trinajstić information content (AvgIpc) is 3.31. The van der Waals surface area contributed by atoms with Gasteiger partial charge in [-0.15, -0.1) is 0 Å². The maximum Gasteiger partial charge on any atom is 0.419 e. The Balaban J connectivity index is 1.53. The third-order valence-electron chi connectivity index (χ3n) is 8.10. The zero-order valence-electron chi connectivity index (χ0n) is 24.1. The van der Waals surface area contributed by atoms with Crippen molar-refractivity contribution in [3.8, 4) is 0 Å². The minimum absolute atomic E-state index is 0.0145. The molecular weight excluding hydrogens is 514 g/mol. The monoisotopic (exact) mass is 553 g/mol. The van der Waals surface area contributed by atoms with Crippen molar-refractivity contribution in [2.45, 2.75) is 51.4 Å². The summed E-state index contributed by atoms with van der Waals surface area (Å²) in [6.45, 7) is 9.54. The van der Waals surface area contributed by atoms with Gasteiger partial charge in [-0.05, 0) is 62.1 Å². The van der Waals surface area contributed by atoms with E-state index in [1.807, 2.05) is 57.2 Å². The average molecular weight is 554 g/mol. The Morgan fingerprint density at radius 2 is 1.63 bits per heavy atom. The second-order valence-corrected chi connectivity index (χ2v) is 12.0. The maximum absolute atomic E-state index is 13.9. The lowest BCUT2D eigenvalue weighted by Gasteiger charge is -2.42. The fourth-order valence-corrected chi connectivity index (χ4v) is 6.28. The fourth-order valence-electron chi connectivity index (χ4n) is 6.28. The molecule has 2 aliphatic rings. The van der Waals surface area contributed by atoms with Crippen LogP contribution in [0.3, 0.4) is 0 Å². The number of ether oxygens (including phenoxy) is 2. The molecule has 2 atom stereocenters. The number of anilines is 1. The van der Waals surface area contributed by atoms with E-state index in [0.29, 0.717) is 13.0 Å². The molecule has 1 fully saturated rings. The molecular formula is C34H39N3O4. The number of para-hydroxylation sites is 1. The third-order valence-corrected chi connectivity index (χ3v) is 8.10. The van der Waals surface area contributed by atoms with Gasteiger partial charge in [0.25, 0.3) is 0 Å². The van der Waals surface area contributed by atoms with E-state index in [9.17, 15) is 9.90 Å². The lowest BCUT2D eigenvalue weighted by atomic mass is 9.87. The van der Waals surface area contributed by atoms with Crippen molar-refractivity contribution in [3.05, 3.63) is 101 Å². The van der Waals surface area contributed by atoms with E-state index >= 15 is 0 Å². The van der Waals surface area contributed by atoms with Crippen LogP contribution >= 0.6 is 0 Å². The highest BCUT2D eigenvalue weighted by Gasteiger charge is 2.41. The first-order chi connectivity index (χ1) is 19.8. The summed E-state index contributed by atoms with van der Waals surface area (Å²) in [5, 5.41) is 11.8. The van der Waals surface area contributed by atoms with E-state index < -0.39 is 5.60 Å². The smallest absolute Gasteiger partial charge is 0.419 e. The molecule has 0 radical (unpaired) electrons. The zero-order chi connectivity index (χ0) is 28.6. The van der Waals surface area contributed by atoms with Crippen molar-refractivity contribution in [1.29, 1.82) is 0 Å². The van der Waals surface area contributed by atoms with Crippen LogP contribution in [0.5, 0.6) is 0 Å². The molecule has 7 heteroatoms. The number of hydrogen-bond donors (Lipinski definition) is 1. The fraction of sp³-hybridized carbons (Fsp3) is 0.382. The number of fused-ring (bicyclic) bond motifs is 3. The first kappa shape index (κ1) is 27.5. The highest BCUT2D eigenvalue weighted by molar-refractivity contribution is 5.94. The van der Waals surface area contributed by atoms with Crippen molar-refractivity contribution in [2.75, 3.05) is 37.8 Å². The Kier molecular flexibility index (Phi) is 7.60. The van der Waals surface area contributed by atoms with Crippen LogP contribution in [0, 0.1) is 0 Å². The third kappa shape index (κ3) is 5.49. The number of nitrogens with zero attached hydrogens (tertiary/aromatic N) is 3. The van der Waals surface area contributed by atoms with E-state index in [1.165, 1.54) is 0 Å². The SMILES string of the molecule is CC(C)(C)OC(=O)n1c2c(c3ccccc31)C[C@H](CO)N(Cc1ccccc1)C2c1ccc(N2CCOCC2)cc1. The van der Waals surface area contributed by atoms with Gasteiger partial charge in [-0.2, -0.15) is 0 Å². The van der Waals surface area contributed by atoms with Crippen LogP contribution in [0.1, 0.15) is 49.2 Å². The second kappa shape index (κ2) is 11.3. The van der Waals surface area contributed by atoms with Gasteiger partial charge >= 0.3 is 6.09 Å². The lowest BCUT2D eigenvalue weighted by molar-refractivity contribution is 0.0497. The molecule has 1 N–H and O–H groups in total. The van der Waals surface area contributed by atoms with E-state index in [1.54, 1.807) is 4.57 Å². The van der Waals surface area contributed by atoms with Gasteiger partial charge in [0.1, 0.15) is 5.60 Å². The quantitative estimate of drug-likeness (QED) is 0.339. The number of hydrogen-bond acceptors (Lipinski definition) is 6. The molecule has 0 spiro atoms. The van der Waals surface area contributed by atoms with Gasteiger partial charge in [0.2, 0.25) is 0 Å². The molecule has 0 aliphatic carbocycles. The van der Waals surface area contributed by atoms with Crippen molar-refractivity contribution in [1.82, 2.24) is 9.47 Å². The van der Waals surface area contributed by atoms with Gasteiger partial charge in [0.15, 0.2) is 0 Å². The Bertz CT molecular complexity index is 1500. The van der Waals surface area contributed by atoms with Gasteiger partial charge in [-0.25, -0.2) is 9.36 Å². The Labute approximate surface area is 241 Å². The number of carbonyl (C=O) groups excluding carboxylic acids is 1. The summed E-state index contributed by atoms with van der Waals surface area (Å²) in [5.41, 5.74) is 5.59. The molecule has 6 rings (SSSR count). The predicted octanol–water partition coefficient (Wildman–Crippen LogP) is 5.77. The molecule has 0 amide bonds. The Hall–Kier alpha value is -3.65. The Morgan fingerprint density at radius 3 is 2.32 bits per heavy atom. The Morgan fingerprint density at radius 1 is 0.951 bits per heavy atom. The molecule has 41 heavy (non-hydrogen) atoms. The minimum atomic E-state index is -0.642. The molecule has 0 bridgehead atoms. The number of carbonyl (C=O) groups is 1. The summed E-state index contributed by atoms with van der Waals surface area (Å²) >= 11 is 0. The summed E-state index contributed by atoms with van der Waals surface area (Å²) in [5.74, 6) is 0. The van der Waals surface area contributed by atoms with Gasteiger partial charge in [0.05, 0.1) is 37.1 Å². The molecule has 1 unspecified atom stereocenters. The van der Waals surface area contributed by atoms with E-state index in [4.69, 9.17) is 9.47 Å². The number of aliphatic hydroxyl groups is 1. The van der Waals surface area contributed by atoms with Crippen molar-refractivity contribution < 1.29 is 19.4 Å². The number of morpholine rings is 1. The molecule has 3 heterocycles. The van der Waals surface area contributed by atoms with Crippen LogP contribution in [0.15, 0.2) is 78.9 Å². The first-order valence-corrected chi connectivity index (χ1v) is 14.5. The molecule has 1 saturated heterocycles. The van der Waals surface area contributed by atoms with E-state index in [-0.39, 0.29) is 24.8 Å². The van der Waals surface area contributed by atoms with E-state index in [2.05, 4.69) is 52.3 Å². The molecule has 0 saturated carbocycles. The normalized spacial score (nSPS) is 19.8. The van der Waals surface area contributed by atoms with E-state index in [0.717, 1.165) is 65.3 Å². The topological polar surface area (TPSA) is 67.2 Å². The molecule has 4 aromatic rings. The first-order valence-electron chi connectivity index (χ1n) is 14.5. The van der Waals surface area contributed by atoms with Crippen molar-refractivity contribution in [3.63, 3.8) is 0 Å². The summed E-state index contributed by atoms with van der Waals surface area (Å²) in [6, 6.07) is 26.7. The molecule has 1 aromatic heterocycles.